The van der Waals surface area contributed by atoms with Gasteiger partial charge in [0, 0.05) is 0 Å². The van der Waals surface area contributed by atoms with Crippen LogP contribution in [0, 0.1) is 0 Å². The van der Waals surface area contributed by atoms with E-state index in [1.54, 1.807) is 0 Å². The number of aldehydes is 1. The molecule has 0 aliphatic rings. The molecule has 0 aromatic rings. The summed E-state index contributed by atoms with van der Waals surface area (Å²) in [5, 5.41) is 0. The number of carbonyl (C=O) groups excluding carboxylic acids is 1. The summed E-state index contributed by atoms with van der Waals surface area (Å²) in [4.78, 5) is 8.81. The van der Waals surface area contributed by atoms with Crippen molar-refractivity contribution >= 4 is 33.1 Å². The summed E-state index contributed by atoms with van der Waals surface area (Å²) < 4.78 is 5.13. The normalized spacial score (nSPS) is 8.94. The fraction of sp³-hybridized carbons (Fsp3) is 0.583. The largest absolute Gasteiger partial charge is 0.550 e. The van der Waals surface area contributed by atoms with Gasteiger partial charge in [-0.25, -0.2) is 0 Å². The number of hydrogen-bond acceptors (Lipinski definition) is 2. The maximum atomic E-state index is 8.81. The Morgan fingerprint density at radius 2 is 1.24 bits per heavy atom. The van der Waals surface area contributed by atoms with Crippen molar-refractivity contribution < 1.29 is 9.22 Å². The molecule has 0 bridgehead atoms. The highest BCUT2D eigenvalue weighted by atomic mass is 35.6. The second-order valence-electron chi connectivity index (χ2n) is 4.70. The first-order valence-electron chi connectivity index (χ1n) is 5.35. The molecular weight excluding hydrogens is 268 g/mol. The van der Waals surface area contributed by atoms with Crippen LogP contribution < -0.4 is 0 Å². The smallest absolute Gasteiger partial charge is 0.241 e. The Morgan fingerprint density at radius 3 is 1.24 bits per heavy atom. The van der Waals surface area contributed by atoms with Crippen LogP contribution in [0.3, 0.4) is 0 Å². The topological polar surface area (TPSA) is 26.3 Å². The van der Waals surface area contributed by atoms with Gasteiger partial charge in [0.1, 0.15) is 13.7 Å². The summed E-state index contributed by atoms with van der Waals surface area (Å²) >= 11 is 5.67. The second-order valence-corrected chi connectivity index (χ2v) is 16.7. The Morgan fingerprint density at radius 1 is 1.06 bits per heavy atom. The average Bonchev–Trinajstić information content (AvgIpc) is 2.03. The summed E-state index contributed by atoms with van der Waals surface area (Å²) in [6.45, 7) is 23.5. The standard InChI is InChI=1S/C5H12OSi.C3H9ClSi.C2H4O.C2H4/c1-5-6-7(2,3)4;1-5(2,3)4;1-2-3;1-2/h5H,1H2,2-4H3;1-3H3;2H,1H3;1-2H2. The van der Waals surface area contributed by atoms with E-state index < -0.39 is 15.7 Å². The van der Waals surface area contributed by atoms with E-state index in [4.69, 9.17) is 20.3 Å². The van der Waals surface area contributed by atoms with Crippen LogP contribution in [-0.4, -0.2) is 22.0 Å². The average molecular weight is 297 g/mol. The summed E-state index contributed by atoms with van der Waals surface area (Å²) in [5.74, 6) is 0. The summed E-state index contributed by atoms with van der Waals surface area (Å²) in [7, 11) is -2.41. The molecule has 0 rings (SSSR count). The SMILES string of the molecule is C=C.C=CO[Si](C)(C)C.CC=O.C[Si](C)(C)Cl. The maximum Gasteiger partial charge on any atom is 0.241 e. The molecule has 0 amide bonds. The molecule has 17 heavy (non-hydrogen) atoms. The number of halogens is 1. The van der Waals surface area contributed by atoms with Gasteiger partial charge in [-0.3, -0.25) is 0 Å². The highest BCUT2D eigenvalue weighted by Gasteiger charge is 2.11. The first-order chi connectivity index (χ1) is 7.47. The third kappa shape index (κ3) is 217. The van der Waals surface area contributed by atoms with E-state index in [0.29, 0.717) is 0 Å². The third-order valence-electron chi connectivity index (χ3n) is 0.437. The van der Waals surface area contributed by atoms with Crippen LogP contribution in [0.25, 0.3) is 0 Å². The van der Waals surface area contributed by atoms with Crippen molar-refractivity contribution in [1.82, 2.24) is 0 Å². The summed E-state index contributed by atoms with van der Waals surface area (Å²) in [6, 6.07) is 0. The van der Waals surface area contributed by atoms with E-state index in [-0.39, 0.29) is 0 Å². The van der Waals surface area contributed by atoms with E-state index >= 15 is 0 Å². The molecule has 0 N–H and O–H groups in total. The highest BCUT2D eigenvalue weighted by Crippen LogP contribution is 2.03. The maximum absolute atomic E-state index is 8.81. The van der Waals surface area contributed by atoms with Gasteiger partial charge < -0.3 is 9.22 Å². The predicted octanol–water partition coefficient (Wildman–Crippen LogP) is 5.05. The number of hydrogen-bond donors (Lipinski definition) is 0. The molecule has 0 atom stereocenters. The number of carbonyl (C=O) groups is 1. The highest BCUT2D eigenvalue weighted by molar-refractivity contribution is 7.18. The molecule has 5 heteroatoms. The molecule has 0 heterocycles. The zero-order valence-corrected chi connectivity index (χ0v) is 15.2. The van der Waals surface area contributed by atoms with Gasteiger partial charge in [-0.2, -0.15) is 11.1 Å². The first-order valence-corrected chi connectivity index (χ1v) is 13.3. The lowest BCUT2D eigenvalue weighted by molar-refractivity contribution is -0.106. The van der Waals surface area contributed by atoms with Crippen molar-refractivity contribution in [2.24, 2.45) is 0 Å². The van der Waals surface area contributed by atoms with Crippen LogP contribution in [0.4, 0.5) is 0 Å². The van der Waals surface area contributed by atoms with Crippen molar-refractivity contribution in [2.75, 3.05) is 0 Å². The van der Waals surface area contributed by atoms with Gasteiger partial charge in [-0.05, 0) is 26.6 Å². The molecule has 0 aliphatic carbocycles. The lowest BCUT2D eigenvalue weighted by Crippen LogP contribution is -2.21. The van der Waals surface area contributed by atoms with Crippen molar-refractivity contribution in [1.29, 1.82) is 0 Å². The Hall–Kier alpha value is -0.326. The molecular formula is C12H29ClO2Si2. The summed E-state index contributed by atoms with van der Waals surface area (Å²) in [5.41, 5.74) is 0. The molecule has 0 fully saturated rings. The molecule has 0 saturated carbocycles. The molecule has 0 aliphatic heterocycles. The minimum atomic E-state index is -1.28. The van der Waals surface area contributed by atoms with E-state index in [1.807, 2.05) is 0 Å². The Balaban J connectivity index is -0.0000000743. The number of rotatable bonds is 2. The molecule has 0 radical (unpaired) electrons. The van der Waals surface area contributed by atoms with Crippen molar-refractivity contribution in [2.45, 2.75) is 46.2 Å². The van der Waals surface area contributed by atoms with E-state index in [2.05, 4.69) is 59.0 Å². The van der Waals surface area contributed by atoms with E-state index in [0.717, 1.165) is 6.29 Å². The molecule has 104 valence electrons. The van der Waals surface area contributed by atoms with Crippen LogP contribution >= 0.6 is 11.1 Å². The van der Waals surface area contributed by atoms with Gasteiger partial charge in [0.15, 0.2) is 0 Å². The van der Waals surface area contributed by atoms with Crippen molar-refractivity contribution in [3.63, 3.8) is 0 Å². The summed E-state index contributed by atoms with van der Waals surface area (Å²) in [6.07, 6.45) is 2.27. The van der Waals surface area contributed by atoms with Crippen LogP contribution in [0.15, 0.2) is 26.0 Å². The molecule has 0 unspecified atom stereocenters. The molecule has 0 spiro atoms. The minimum Gasteiger partial charge on any atom is -0.550 e. The van der Waals surface area contributed by atoms with Gasteiger partial charge >= 0.3 is 0 Å². The van der Waals surface area contributed by atoms with Gasteiger partial charge in [-0.15, -0.1) is 13.2 Å². The Labute approximate surface area is 115 Å². The van der Waals surface area contributed by atoms with Crippen LogP contribution in [0.5, 0.6) is 0 Å². The second kappa shape index (κ2) is 15.7. The monoisotopic (exact) mass is 296 g/mol. The van der Waals surface area contributed by atoms with Gasteiger partial charge in [0.25, 0.3) is 0 Å². The fourth-order valence-corrected chi connectivity index (χ4v) is 0.750. The van der Waals surface area contributed by atoms with Gasteiger partial charge in [0.05, 0.1) is 6.26 Å². The quantitative estimate of drug-likeness (QED) is 0.234. The zero-order chi connectivity index (χ0) is 15.1. The zero-order valence-electron chi connectivity index (χ0n) is 12.5. The fourth-order valence-electron chi connectivity index (χ4n) is 0.250. The van der Waals surface area contributed by atoms with Gasteiger partial charge in [-0.1, -0.05) is 26.2 Å². The van der Waals surface area contributed by atoms with Crippen molar-refractivity contribution in [3.05, 3.63) is 26.0 Å². The Bertz CT molecular complexity index is 166. The lowest BCUT2D eigenvalue weighted by atomic mass is 11.0. The molecule has 0 aromatic carbocycles. The lowest BCUT2D eigenvalue weighted by Gasteiger charge is -2.13. The predicted molar refractivity (Wildman–Crippen MR) is 86.8 cm³/mol. The van der Waals surface area contributed by atoms with E-state index in [9.17, 15) is 0 Å². The van der Waals surface area contributed by atoms with Crippen LogP contribution in [0.1, 0.15) is 6.92 Å². The molecule has 2 nitrogen and oxygen atoms in total. The van der Waals surface area contributed by atoms with E-state index in [1.165, 1.54) is 13.2 Å². The van der Waals surface area contributed by atoms with Gasteiger partial charge in [0.2, 0.25) is 8.32 Å². The first kappa shape index (κ1) is 25.5. The van der Waals surface area contributed by atoms with Crippen LogP contribution in [0.2, 0.25) is 39.3 Å². The minimum absolute atomic E-state index is 0.750. The molecule has 0 aromatic heterocycles. The molecule has 0 saturated heterocycles. The Kier molecular flexibility index (Phi) is 23.5. The third-order valence-corrected chi connectivity index (χ3v) is 1.31. The van der Waals surface area contributed by atoms with Crippen LogP contribution in [-0.2, 0) is 9.22 Å². The van der Waals surface area contributed by atoms with Crippen molar-refractivity contribution in [3.8, 4) is 0 Å².